The van der Waals surface area contributed by atoms with Gasteiger partial charge in [0.2, 0.25) is 0 Å². The molecule has 8 heteroatoms. The number of nitrogens with zero attached hydrogens (tertiary/aromatic N) is 4. The van der Waals surface area contributed by atoms with E-state index in [1.165, 1.54) is 6.20 Å². The largest absolute Gasteiger partial charge is 0.390 e. The average Bonchev–Trinajstić information content (AvgIpc) is 2.63. The second kappa shape index (κ2) is 5.20. The van der Waals surface area contributed by atoms with Gasteiger partial charge in [0, 0.05) is 17.0 Å². The van der Waals surface area contributed by atoms with Crippen LogP contribution in [-0.2, 0) is 0 Å². The summed E-state index contributed by atoms with van der Waals surface area (Å²) in [6.45, 7) is 0.118. The van der Waals surface area contributed by atoms with E-state index in [9.17, 15) is 10.2 Å². The van der Waals surface area contributed by atoms with E-state index >= 15 is 0 Å². The second-order valence-electron chi connectivity index (χ2n) is 2.99. The molecule has 0 bridgehead atoms. The Balaban J connectivity index is 2.56. The van der Waals surface area contributed by atoms with Crippen LogP contribution in [0.15, 0.2) is 11.3 Å². The molecule has 1 rings (SSSR count). The highest BCUT2D eigenvalue weighted by atomic mass is 16.3. The van der Waals surface area contributed by atoms with Gasteiger partial charge in [0.15, 0.2) is 0 Å². The molecule has 0 amide bonds. The fourth-order valence-electron chi connectivity index (χ4n) is 1.14. The standard InChI is InChI=1S/C7H12N6O2/c8-7-4(3-11-12-7)6(15)5(14)1-2-10-13-9/h3,5-6,14-15H,1-2H2,(H3,8,11,12). The number of aromatic nitrogens is 2. The number of hydrogen-bond donors (Lipinski definition) is 4. The topological polar surface area (TPSA) is 144 Å². The Morgan fingerprint density at radius 1 is 1.67 bits per heavy atom. The number of aromatic amines is 1. The highest BCUT2D eigenvalue weighted by Crippen LogP contribution is 2.22. The summed E-state index contributed by atoms with van der Waals surface area (Å²) in [5, 5.41) is 28.5. The fourth-order valence-corrected chi connectivity index (χ4v) is 1.14. The summed E-state index contributed by atoms with van der Waals surface area (Å²) in [6.07, 6.45) is -0.653. The molecule has 1 aromatic rings. The highest BCUT2D eigenvalue weighted by Gasteiger charge is 2.21. The summed E-state index contributed by atoms with van der Waals surface area (Å²) in [5.41, 5.74) is 13.8. The fraction of sp³-hybridized carbons (Fsp3) is 0.571. The second-order valence-corrected chi connectivity index (χ2v) is 2.99. The predicted molar refractivity (Wildman–Crippen MR) is 52.6 cm³/mol. The van der Waals surface area contributed by atoms with E-state index in [4.69, 9.17) is 11.3 Å². The molecule has 0 fully saturated rings. The number of nitrogen functional groups attached to an aromatic ring is 1. The molecule has 2 unspecified atom stereocenters. The summed E-state index contributed by atoms with van der Waals surface area (Å²) < 4.78 is 0. The van der Waals surface area contributed by atoms with Gasteiger partial charge in [-0.25, -0.2) is 0 Å². The number of H-pyrrole nitrogens is 1. The van der Waals surface area contributed by atoms with Crippen molar-refractivity contribution in [3.05, 3.63) is 22.2 Å². The van der Waals surface area contributed by atoms with Crippen molar-refractivity contribution in [1.29, 1.82) is 0 Å². The molecule has 2 atom stereocenters. The smallest absolute Gasteiger partial charge is 0.124 e. The van der Waals surface area contributed by atoms with Gasteiger partial charge in [0.25, 0.3) is 0 Å². The number of hydrogen-bond acceptors (Lipinski definition) is 5. The van der Waals surface area contributed by atoms with E-state index in [1.54, 1.807) is 0 Å². The van der Waals surface area contributed by atoms with Crippen LogP contribution in [0.2, 0.25) is 0 Å². The van der Waals surface area contributed by atoms with Crippen molar-refractivity contribution in [1.82, 2.24) is 10.2 Å². The lowest BCUT2D eigenvalue weighted by Gasteiger charge is -2.15. The quantitative estimate of drug-likeness (QED) is 0.311. The maximum absolute atomic E-state index is 9.63. The van der Waals surface area contributed by atoms with Gasteiger partial charge in [0.05, 0.1) is 12.3 Å². The monoisotopic (exact) mass is 212 g/mol. The first-order valence-electron chi connectivity index (χ1n) is 4.32. The van der Waals surface area contributed by atoms with E-state index in [0.29, 0.717) is 5.56 Å². The first-order chi connectivity index (χ1) is 7.16. The number of aliphatic hydroxyl groups is 2. The summed E-state index contributed by atoms with van der Waals surface area (Å²) in [4.78, 5) is 2.54. The van der Waals surface area contributed by atoms with Crippen molar-refractivity contribution in [2.24, 2.45) is 5.11 Å². The normalized spacial score (nSPS) is 14.3. The lowest BCUT2D eigenvalue weighted by atomic mass is 10.1. The Bertz CT molecular complexity index is 358. The molecule has 15 heavy (non-hydrogen) atoms. The van der Waals surface area contributed by atoms with Gasteiger partial charge in [-0.2, -0.15) is 5.10 Å². The number of azide groups is 1. The molecule has 0 aliphatic heterocycles. The molecule has 5 N–H and O–H groups in total. The molecule has 8 nitrogen and oxygen atoms in total. The summed E-state index contributed by atoms with van der Waals surface area (Å²) in [5.74, 6) is 0.213. The van der Waals surface area contributed by atoms with Crippen LogP contribution in [-0.4, -0.2) is 33.1 Å². The molecule has 0 aliphatic carbocycles. The predicted octanol–water partition coefficient (Wildman–Crippen LogP) is 0.0866. The van der Waals surface area contributed by atoms with Crippen molar-refractivity contribution in [3.63, 3.8) is 0 Å². The minimum absolute atomic E-state index is 0.118. The maximum atomic E-state index is 9.63. The van der Waals surface area contributed by atoms with Crippen LogP contribution >= 0.6 is 0 Å². The number of rotatable bonds is 5. The third-order valence-corrected chi connectivity index (χ3v) is 1.97. The summed E-state index contributed by atoms with van der Waals surface area (Å²) in [6, 6.07) is 0. The Labute approximate surface area is 85.4 Å². The van der Waals surface area contributed by atoms with Gasteiger partial charge >= 0.3 is 0 Å². The lowest BCUT2D eigenvalue weighted by Crippen LogP contribution is -2.19. The SMILES string of the molecule is [N-]=[N+]=NCCC(O)C(O)c1cn[nH]c1N. The number of nitrogens with two attached hydrogens (primary N) is 1. The number of aliphatic hydroxyl groups excluding tert-OH is 2. The highest BCUT2D eigenvalue weighted by molar-refractivity contribution is 5.38. The zero-order chi connectivity index (χ0) is 11.3. The van der Waals surface area contributed by atoms with E-state index in [1.807, 2.05) is 0 Å². The molecule has 0 aliphatic rings. The first kappa shape index (κ1) is 11.3. The van der Waals surface area contributed by atoms with E-state index < -0.39 is 12.2 Å². The Morgan fingerprint density at radius 3 is 2.93 bits per heavy atom. The van der Waals surface area contributed by atoms with E-state index in [-0.39, 0.29) is 18.8 Å². The lowest BCUT2D eigenvalue weighted by molar-refractivity contribution is 0.0155. The molecule has 1 aromatic heterocycles. The maximum Gasteiger partial charge on any atom is 0.124 e. The third-order valence-electron chi connectivity index (χ3n) is 1.97. The van der Waals surface area contributed by atoms with Crippen molar-refractivity contribution in [2.45, 2.75) is 18.6 Å². The molecule has 82 valence electrons. The molecule has 0 saturated heterocycles. The molecular weight excluding hydrogens is 200 g/mol. The molecule has 0 saturated carbocycles. The molecular formula is C7H12N6O2. The average molecular weight is 212 g/mol. The van der Waals surface area contributed by atoms with Crippen LogP contribution in [0, 0.1) is 0 Å². The third kappa shape index (κ3) is 2.84. The molecule has 0 aromatic carbocycles. The van der Waals surface area contributed by atoms with Gasteiger partial charge in [-0.05, 0) is 12.0 Å². The molecule has 1 heterocycles. The van der Waals surface area contributed by atoms with Gasteiger partial charge in [-0.15, -0.1) is 0 Å². The van der Waals surface area contributed by atoms with E-state index in [0.717, 1.165) is 0 Å². The van der Waals surface area contributed by atoms with Crippen LogP contribution in [0.5, 0.6) is 0 Å². The van der Waals surface area contributed by atoms with E-state index in [2.05, 4.69) is 20.2 Å². The van der Waals surface area contributed by atoms with Crippen LogP contribution in [0.1, 0.15) is 18.1 Å². The summed E-state index contributed by atoms with van der Waals surface area (Å²) in [7, 11) is 0. The van der Waals surface area contributed by atoms with Crippen LogP contribution < -0.4 is 5.73 Å². The minimum Gasteiger partial charge on any atom is -0.390 e. The Morgan fingerprint density at radius 2 is 2.40 bits per heavy atom. The Hall–Kier alpha value is -1.76. The van der Waals surface area contributed by atoms with Crippen molar-refractivity contribution in [3.8, 4) is 0 Å². The van der Waals surface area contributed by atoms with Crippen molar-refractivity contribution >= 4 is 5.82 Å². The van der Waals surface area contributed by atoms with Crippen LogP contribution in [0.4, 0.5) is 5.82 Å². The van der Waals surface area contributed by atoms with Gasteiger partial charge in [0.1, 0.15) is 11.9 Å². The zero-order valence-electron chi connectivity index (χ0n) is 7.91. The minimum atomic E-state index is -1.13. The van der Waals surface area contributed by atoms with Crippen molar-refractivity contribution in [2.75, 3.05) is 12.3 Å². The Kier molecular flexibility index (Phi) is 3.92. The van der Waals surface area contributed by atoms with Crippen LogP contribution in [0.3, 0.4) is 0 Å². The van der Waals surface area contributed by atoms with Crippen LogP contribution in [0.25, 0.3) is 10.4 Å². The van der Waals surface area contributed by atoms with Crippen molar-refractivity contribution < 1.29 is 10.2 Å². The number of anilines is 1. The molecule has 0 spiro atoms. The number of nitrogens with one attached hydrogen (secondary N) is 1. The molecule has 0 radical (unpaired) electrons. The van der Waals surface area contributed by atoms with Gasteiger partial charge in [-0.1, -0.05) is 5.11 Å². The first-order valence-corrected chi connectivity index (χ1v) is 4.32. The van der Waals surface area contributed by atoms with Gasteiger partial charge in [-0.3, -0.25) is 5.10 Å². The van der Waals surface area contributed by atoms with Gasteiger partial charge < -0.3 is 15.9 Å². The zero-order valence-corrected chi connectivity index (χ0v) is 7.91. The summed E-state index contributed by atoms with van der Waals surface area (Å²) >= 11 is 0.